The van der Waals surface area contributed by atoms with E-state index < -0.39 is 0 Å². The molecule has 0 radical (unpaired) electrons. The summed E-state index contributed by atoms with van der Waals surface area (Å²) in [5.41, 5.74) is 3.14. The van der Waals surface area contributed by atoms with E-state index in [1.807, 2.05) is 54.8 Å². The van der Waals surface area contributed by atoms with Gasteiger partial charge in [0.1, 0.15) is 6.54 Å². The van der Waals surface area contributed by atoms with Crippen LogP contribution in [-0.4, -0.2) is 23.7 Å². The van der Waals surface area contributed by atoms with Crippen LogP contribution in [0.3, 0.4) is 0 Å². The molecule has 142 valence electrons. The first-order chi connectivity index (χ1) is 13.0. The number of nitrogens with zero attached hydrogens (tertiary/aromatic N) is 1. The summed E-state index contributed by atoms with van der Waals surface area (Å²) in [5, 5.41) is 5.28. The molecule has 1 N–H and O–H groups in total. The maximum atomic E-state index is 12.1. The molecular weight excluding hydrogens is 380 g/mol. The number of ether oxygens (including phenoxy) is 1. The van der Waals surface area contributed by atoms with Gasteiger partial charge >= 0.3 is 5.97 Å². The molecule has 0 amide bonds. The Bertz CT molecular complexity index is 951. The minimum absolute atomic E-state index is 0.201. The molecule has 4 nitrogen and oxygen atoms in total. The molecule has 3 aromatic rings. The van der Waals surface area contributed by atoms with Crippen LogP contribution in [0.4, 0.5) is 5.69 Å². The fraction of sp³-hybridized carbons (Fsp3) is 0.286. The highest BCUT2D eigenvalue weighted by molar-refractivity contribution is 7.99. The predicted octanol–water partition coefficient (Wildman–Crippen LogP) is 5.75. The van der Waals surface area contributed by atoms with Crippen molar-refractivity contribution in [2.45, 2.75) is 37.1 Å². The lowest BCUT2D eigenvalue weighted by molar-refractivity contribution is -0.143. The van der Waals surface area contributed by atoms with Crippen molar-refractivity contribution < 1.29 is 9.53 Å². The molecule has 0 aliphatic heterocycles. The Morgan fingerprint density at radius 2 is 1.93 bits per heavy atom. The van der Waals surface area contributed by atoms with E-state index in [0.717, 1.165) is 38.6 Å². The van der Waals surface area contributed by atoms with Gasteiger partial charge in [-0.1, -0.05) is 29.4 Å². The number of rotatable bonds is 7. The first-order valence-corrected chi connectivity index (χ1v) is 10.2. The van der Waals surface area contributed by atoms with Crippen molar-refractivity contribution in [3.8, 4) is 0 Å². The summed E-state index contributed by atoms with van der Waals surface area (Å²) in [6.45, 7) is 7.36. The monoisotopic (exact) mass is 402 g/mol. The van der Waals surface area contributed by atoms with E-state index in [2.05, 4.69) is 18.3 Å². The van der Waals surface area contributed by atoms with Crippen LogP contribution in [0.15, 0.2) is 52.3 Å². The summed E-state index contributed by atoms with van der Waals surface area (Å²) in [5.74, 6) is -0.227. The minimum Gasteiger partial charge on any atom is -0.465 e. The second kappa shape index (κ2) is 8.72. The van der Waals surface area contributed by atoms with Crippen molar-refractivity contribution in [2.75, 3.05) is 18.5 Å². The maximum Gasteiger partial charge on any atom is 0.325 e. The zero-order chi connectivity index (χ0) is 19.4. The molecule has 0 saturated carbocycles. The number of carbonyl (C=O) groups is 1. The Balaban J connectivity index is 2.13. The van der Waals surface area contributed by atoms with Crippen LogP contribution in [0.25, 0.3) is 10.9 Å². The molecule has 0 spiro atoms. The molecule has 0 unspecified atom stereocenters. The average Bonchev–Trinajstić information content (AvgIpc) is 2.91. The zero-order valence-electron chi connectivity index (χ0n) is 15.7. The molecule has 0 aliphatic carbocycles. The molecule has 2 aromatic carbocycles. The maximum absolute atomic E-state index is 12.1. The molecule has 0 fully saturated rings. The largest absolute Gasteiger partial charge is 0.465 e. The Kier molecular flexibility index (Phi) is 6.34. The normalized spacial score (nSPS) is 11.0. The minimum atomic E-state index is -0.227. The molecule has 3 rings (SSSR count). The third kappa shape index (κ3) is 4.25. The fourth-order valence-corrected chi connectivity index (χ4v) is 4.32. The van der Waals surface area contributed by atoms with Crippen LogP contribution in [0.1, 0.15) is 19.5 Å². The number of hydrogen-bond donors (Lipinski definition) is 1. The predicted molar refractivity (Wildman–Crippen MR) is 113 cm³/mol. The van der Waals surface area contributed by atoms with Gasteiger partial charge in [0.25, 0.3) is 0 Å². The number of hydrogen-bond acceptors (Lipinski definition) is 4. The van der Waals surface area contributed by atoms with Crippen molar-refractivity contribution in [1.29, 1.82) is 0 Å². The first kappa shape index (κ1) is 19.6. The van der Waals surface area contributed by atoms with Gasteiger partial charge in [-0.3, -0.25) is 4.79 Å². The van der Waals surface area contributed by atoms with E-state index in [9.17, 15) is 4.79 Å². The highest BCUT2D eigenvalue weighted by Crippen LogP contribution is 2.41. The Hall–Kier alpha value is -2.11. The summed E-state index contributed by atoms with van der Waals surface area (Å²) >= 11 is 7.71. The molecule has 0 bridgehead atoms. The first-order valence-electron chi connectivity index (χ1n) is 8.99. The van der Waals surface area contributed by atoms with Crippen molar-refractivity contribution in [2.24, 2.45) is 0 Å². The standard InChI is InChI=1S/C21H23ClN2O2S/c1-4-23-17-7-6-8-18-20(17)21(27-16-11-9-15(22)10-12-16)14(3)24(18)13-19(25)26-5-2/h6-12,23H,4-5,13H2,1-3H3. The highest BCUT2D eigenvalue weighted by Gasteiger charge is 2.20. The number of fused-ring (bicyclic) bond motifs is 1. The number of esters is 1. The Morgan fingerprint density at radius 3 is 2.59 bits per heavy atom. The number of benzene rings is 2. The smallest absolute Gasteiger partial charge is 0.325 e. The van der Waals surface area contributed by atoms with Crippen LogP contribution in [-0.2, 0) is 16.1 Å². The highest BCUT2D eigenvalue weighted by atomic mass is 35.5. The SMILES string of the molecule is CCNc1cccc2c1c(Sc1ccc(Cl)cc1)c(C)n2CC(=O)OCC. The van der Waals surface area contributed by atoms with Crippen LogP contribution < -0.4 is 5.32 Å². The number of carbonyl (C=O) groups excluding carboxylic acids is 1. The van der Waals surface area contributed by atoms with E-state index in [-0.39, 0.29) is 12.5 Å². The van der Waals surface area contributed by atoms with Crippen LogP contribution >= 0.6 is 23.4 Å². The third-order valence-corrected chi connectivity index (χ3v) is 5.75. The zero-order valence-corrected chi connectivity index (χ0v) is 17.3. The lowest BCUT2D eigenvalue weighted by Gasteiger charge is -2.08. The second-order valence-corrected chi connectivity index (χ2v) is 7.61. The molecule has 0 saturated heterocycles. The van der Waals surface area contributed by atoms with Crippen molar-refractivity contribution in [3.63, 3.8) is 0 Å². The lowest BCUT2D eigenvalue weighted by Crippen LogP contribution is -2.14. The Morgan fingerprint density at radius 1 is 1.19 bits per heavy atom. The summed E-state index contributed by atoms with van der Waals surface area (Å²) in [4.78, 5) is 14.4. The number of anilines is 1. The molecular formula is C21H23ClN2O2S. The van der Waals surface area contributed by atoms with Gasteiger partial charge in [0.2, 0.25) is 0 Å². The van der Waals surface area contributed by atoms with Gasteiger partial charge in [0.15, 0.2) is 0 Å². The van der Waals surface area contributed by atoms with E-state index >= 15 is 0 Å². The average molecular weight is 403 g/mol. The van der Waals surface area contributed by atoms with Crippen LogP contribution in [0.5, 0.6) is 0 Å². The van der Waals surface area contributed by atoms with Crippen molar-refractivity contribution >= 4 is 45.9 Å². The van der Waals surface area contributed by atoms with Crippen molar-refractivity contribution in [3.05, 3.63) is 53.2 Å². The second-order valence-electron chi connectivity index (χ2n) is 6.09. The summed E-state index contributed by atoms with van der Waals surface area (Å²) < 4.78 is 7.21. The van der Waals surface area contributed by atoms with E-state index in [4.69, 9.17) is 16.3 Å². The third-order valence-electron chi connectivity index (χ3n) is 4.29. The summed E-state index contributed by atoms with van der Waals surface area (Å²) in [6.07, 6.45) is 0. The van der Waals surface area contributed by atoms with Gasteiger partial charge in [-0.15, -0.1) is 0 Å². The number of nitrogens with one attached hydrogen (secondary N) is 1. The van der Waals surface area contributed by atoms with Crippen LogP contribution in [0.2, 0.25) is 5.02 Å². The van der Waals surface area contributed by atoms with Gasteiger partial charge in [-0.25, -0.2) is 0 Å². The van der Waals surface area contributed by atoms with Gasteiger partial charge in [-0.2, -0.15) is 0 Å². The summed E-state index contributed by atoms with van der Waals surface area (Å²) in [7, 11) is 0. The van der Waals surface area contributed by atoms with E-state index in [1.165, 1.54) is 0 Å². The van der Waals surface area contributed by atoms with Gasteiger partial charge < -0.3 is 14.6 Å². The molecule has 1 aromatic heterocycles. The number of halogens is 1. The molecule has 0 atom stereocenters. The van der Waals surface area contributed by atoms with E-state index in [1.54, 1.807) is 11.8 Å². The Labute approximate surface area is 168 Å². The molecule has 1 heterocycles. The van der Waals surface area contributed by atoms with E-state index in [0.29, 0.717) is 11.6 Å². The van der Waals surface area contributed by atoms with Crippen LogP contribution in [0, 0.1) is 6.92 Å². The lowest BCUT2D eigenvalue weighted by atomic mass is 10.2. The quantitative estimate of drug-likeness (QED) is 0.511. The van der Waals surface area contributed by atoms with Gasteiger partial charge in [-0.05, 0) is 57.2 Å². The van der Waals surface area contributed by atoms with Crippen molar-refractivity contribution in [1.82, 2.24) is 4.57 Å². The molecule has 0 aliphatic rings. The topological polar surface area (TPSA) is 43.3 Å². The fourth-order valence-electron chi connectivity index (χ4n) is 3.11. The number of aromatic nitrogens is 1. The summed E-state index contributed by atoms with van der Waals surface area (Å²) in [6, 6.07) is 13.9. The molecule has 6 heteroatoms. The van der Waals surface area contributed by atoms with Gasteiger partial charge in [0.05, 0.1) is 12.1 Å². The van der Waals surface area contributed by atoms with Gasteiger partial charge in [0, 0.05) is 38.1 Å². The molecule has 27 heavy (non-hydrogen) atoms.